The van der Waals surface area contributed by atoms with E-state index in [9.17, 15) is 13.2 Å². The van der Waals surface area contributed by atoms with Crippen molar-refractivity contribution in [2.75, 3.05) is 19.8 Å². The van der Waals surface area contributed by atoms with Crippen molar-refractivity contribution >= 4 is 0 Å². The molecule has 0 amide bonds. The van der Waals surface area contributed by atoms with Crippen molar-refractivity contribution in [1.82, 2.24) is 0 Å². The molecule has 0 N–H and O–H groups in total. The SMILES string of the molecule is CCC(CCCOCC1CCCO1)CCCC(F)(F)F. The van der Waals surface area contributed by atoms with Crippen LogP contribution in [0.5, 0.6) is 0 Å². The predicted molar refractivity (Wildman–Crippen MR) is 72.7 cm³/mol. The number of rotatable bonds is 10. The van der Waals surface area contributed by atoms with Gasteiger partial charge in [-0.3, -0.25) is 0 Å². The molecule has 0 saturated carbocycles. The summed E-state index contributed by atoms with van der Waals surface area (Å²) in [5.41, 5.74) is 0. The number of halogens is 3. The van der Waals surface area contributed by atoms with Crippen LogP contribution in [0.3, 0.4) is 0 Å². The number of hydrogen-bond acceptors (Lipinski definition) is 2. The Bertz CT molecular complexity index is 238. The normalized spacial score (nSPS) is 21.3. The van der Waals surface area contributed by atoms with Crippen molar-refractivity contribution in [3.63, 3.8) is 0 Å². The molecule has 1 heterocycles. The van der Waals surface area contributed by atoms with Gasteiger partial charge in [-0.1, -0.05) is 19.8 Å². The van der Waals surface area contributed by atoms with E-state index in [1.54, 1.807) is 0 Å². The van der Waals surface area contributed by atoms with Crippen LogP contribution < -0.4 is 0 Å². The van der Waals surface area contributed by atoms with Crippen molar-refractivity contribution in [2.24, 2.45) is 5.92 Å². The summed E-state index contributed by atoms with van der Waals surface area (Å²) in [4.78, 5) is 0. The predicted octanol–water partition coefficient (Wildman–Crippen LogP) is 4.72. The van der Waals surface area contributed by atoms with Gasteiger partial charge in [0.1, 0.15) is 0 Å². The van der Waals surface area contributed by atoms with Gasteiger partial charge < -0.3 is 9.47 Å². The largest absolute Gasteiger partial charge is 0.389 e. The highest BCUT2D eigenvalue weighted by Gasteiger charge is 2.26. The number of hydrogen-bond donors (Lipinski definition) is 0. The fourth-order valence-electron chi connectivity index (χ4n) is 2.61. The van der Waals surface area contributed by atoms with Crippen LogP contribution in [0.15, 0.2) is 0 Å². The summed E-state index contributed by atoms with van der Waals surface area (Å²) in [6.45, 7) is 4.23. The Labute approximate surface area is 120 Å². The molecule has 1 fully saturated rings. The van der Waals surface area contributed by atoms with Gasteiger partial charge in [-0.25, -0.2) is 0 Å². The maximum atomic E-state index is 12.1. The molecule has 1 rings (SSSR count). The van der Waals surface area contributed by atoms with E-state index < -0.39 is 12.6 Å². The topological polar surface area (TPSA) is 18.5 Å². The lowest BCUT2D eigenvalue weighted by molar-refractivity contribution is -0.136. The molecule has 5 heteroatoms. The van der Waals surface area contributed by atoms with Gasteiger partial charge in [-0.2, -0.15) is 13.2 Å². The van der Waals surface area contributed by atoms with Gasteiger partial charge in [-0.15, -0.1) is 0 Å². The first-order valence-electron chi connectivity index (χ1n) is 7.77. The van der Waals surface area contributed by atoms with Gasteiger partial charge >= 0.3 is 6.18 Å². The van der Waals surface area contributed by atoms with Gasteiger partial charge in [0.15, 0.2) is 0 Å². The second kappa shape index (κ2) is 9.61. The smallest absolute Gasteiger partial charge is 0.379 e. The van der Waals surface area contributed by atoms with Crippen molar-refractivity contribution in [2.45, 2.75) is 70.6 Å². The molecule has 120 valence electrons. The fraction of sp³-hybridized carbons (Fsp3) is 1.00. The molecule has 0 spiro atoms. The second-order valence-electron chi connectivity index (χ2n) is 5.63. The van der Waals surface area contributed by atoms with Gasteiger partial charge in [0, 0.05) is 19.6 Å². The third kappa shape index (κ3) is 8.80. The molecular weight excluding hydrogens is 269 g/mol. The summed E-state index contributed by atoms with van der Waals surface area (Å²) in [5, 5.41) is 0. The highest BCUT2D eigenvalue weighted by Crippen LogP contribution is 2.26. The van der Waals surface area contributed by atoms with Crippen molar-refractivity contribution in [3.05, 3.63) is 0 Å². The molecule has 0 aliphatic carbocycles. The van der Waals surface area contributed by atoms with E-state index in [-0.39, 0.29) is 12.5 Å². The Balaban J connectivity index is 1.97. The molecule has 1 aliphatic heterocycles. The van der Waals surface area contributed by atoms with Crippen molar-refractivity contribution in [1.29, 1.82) is 0 Å². The molecule has 1 saturated heterocycles. The zero-order valence-corrected chi connectivity index (χ0v) is 12.4. The average molecular weight is 296 g/mol. The van der Waals surface area contributed by atoms with Crippen LogP contribution in [0.2, 0.25) is 0 Å². The fourth-order valence-corrected chi connectivity index (χ4v) is 2.61. The van der Waals surface area contributed by atoms with E-state index in [0.717, 1.165) is 38.7 Å². The van der Waals surface area contributed by atoms with Crippen LogP contribution in [0.4, 0.5) is 13.2 Å². The van der Waals surface area contributed by atoms with Gasteiger partial charge in [0.05, 0.1) is 12.7 Å². The van der Waals surface area contributed by atoms with Crippen LogP contribution in [0, 0.1) is 5.92 Å². The Kier molecular flexibility index (Phi) is 8.53. The van der Waals surface area contributed by atoms with Gasteiger partial charge in [0.2, 0.25) is 0 Å². The number of ether oxygens (including phenoxy) is 2. The van der Waals surface area contributed by atoms with Crippen LogP contribution in [0.1, 0.15) is 58.3 Å². The third-order valence-electron chi connectivity index (χ3n) is 3.88. The molecule has 1 aliphatic rings. The minimum atomic E-state index is -4.01. The molecule has 0 aromatic heterocycles. The third-order valence-corrected chi connectivity index (χ3v) is 3.88. The van der Waals surface area contributed by atoms with E-state index >= 15 is 0 Å². The first-order chi connectivity index (χ1) is 9.51. The van der Waals surface area contributed by atoms with Crippen molar-refractivity contribution in [3.8, 4) is 0 Å². The summed E-state index contributed by atoms with van der Waals surface area (Å²) in [6, 6.07) is 0. The Morgan fingerprint density at radius 1 is 1.25 bits per heavy atom. The lowest BCUT2D eigenvalue weighted by Crippen LogP contribution is -2.15. The van der Waals surface area contributed by atoms with Crippen LogP contribution in [-0.4, -0.2) is 32.1 Å². The van der Waals surface area contributed by atoms with Gasteiger partial charge in [0.25, 0.3) is 0 Å². The summed E-state index contributed by atoms with van der Waals surface area (Å²) in [6.07, 6.45) is 1.53. The highest BCUT2D eigenvalue weighted by atomic mass is 19.4. The monoisotopic (exact) mass is 296 g/mol. The second-order valence-corrected chi connectivity index (χ2v) is 5.63. The zero-order chi connectivity index (χ0) is 14.8. The van der Waals surface area contributed by atoms with Crippen LogP contribution in [-0.2, 0) is 9.47 Å². The zero-order valence-electron chi connectivity index (χ0n) is 12.4. The van der Waals surface area contributed by atoms with E-state index in [1.807, 2.05) is 6.92 Å². The molecule has 0 aromatic rings. The van der Waals surface area contributed by atoms with Crippen molar-refractivity contribution < 1.29 is 22.6 Å². The number of alkyl halides is 3. The summed E-state index contributed by atoms with van der Waals surface area (Å²) >= 11 is 0. The lowest BCUT2D eigenvalue weighted by atomic mass is 9.94. The minimum Gasteiger partial charge on any atom is -0.379 e. The molecule has 0 bridgehead atoms. The first kappa shape index (κ1) is 17.8. The summed E-state index contributed by atoms with van der Waals surface area (Å²) < 4.78 is 47.3. The molecule has 20 heavy (non-hydrogen) atoms. The maximum Gasteiger partial charge on any atom is 0.389 e. The molecule has 0 radical (unpaired) electrons. The molecular formula is C15H27F3O2. The van der Waals surface area contributed by atoms with Gasteiger partial charge in [-0.05, 0) is 38.0 Å². The summed E-state index contributed by atoms with van der Waals surface area (Å²) in [7, 11) is 0. The summed E-state index contributed by atoms with van der Waals surface area (Å²) in [5.74, 6) is 0.392. The molecule has 2 atom stereocenters. The highest BCUT2D eigenvalue weighted by molar-refractivity contribution is 4.64. The minimum absolute atomic E-state index is 0.249. The Morgan fingerprint density at radius 3 is 2.60 bits per heavy atom. The Hall–Kier alpha value is -0.290. The van der Waals surface area contributed by atoms with E-state index in [2.05, 4.69) is 0 Å². The van der Waals surface area contributed by atoms with E-state index in [0.29, 0.717) is 25.6 Å². The molecule has 2 nitrogen and oxygen atoms in total. The standard InChI is InChI=1S/C15H27F3O2/c1-2-13(6-3-9-15(16,17)18)7-4-10-19-12-14-8-5-11-20-14/h13-14H,2-12H2,1H3. The van der Waals surface area contributed by atoms with E-state index in [1.165, 1.54) is 0 Å². The van der Waals surface area contributed by atoms with Crippen LogP contribution >= 0.6 is 0 Å². The average Bonchev–Trinajstić information content (AvgIpc) is 2.88. The molecule has 0 aromatic carbocycles. The lowest BCUT2D eigenvalue weighted by Gasteiger charge is -2.16. The maximum absolute atomic E-state index is 12.1. The Morgan fingerprint density at radius 2 is 2.00 bits per heavy atom. The first-order valence-corrected chi connectivity index (χ1v) is 7.77. The van der Waals surface area contributed by atoms with E-state index in [4.69, 9.17) is 9.47 Å². The quantitative estimate of drug-likeness (QED) is 0.543. The molecule has 2 unspecified atom stereocenters. The van der Waals surface area contributed by atoms with Crippen LogP contribution in [0.25, 0.3) is 0 Å².